The molecule has 0 unspecified atom stereocenters. The van der Waals surface area contributed by atoms with Crippen molar-refractivity contribution in [1.82, 2.24) is 4.57 Å². The van der Waals surface area contributed by atoms with Crippen molar-refractivity contribution in [2.75, 3.05) is 9.80 Å². The number of aromatic nitrogens is 1. The highest BCUT2D eigenvalue weighted by Gasteiger charge is 2.52. The number of rotatable bonds is 8. The van der Waals surface area contributed by atoms with Gasteiger partial charge in [0.2, 0.25) is 0 Å². The lowest BCUT2D eigenvalue weighted by molar-refractivity contribution is 0.665. The van der Waals surface area contributed by atoms with Gasteiger partial charge in [0, 0.05) is 55.1 Å². The van der Waals surface area contributed by atoms with Crippen LogP contribution in [-0.4, -0.2) is 20.7 Å². The van der Waals surface area contributed by atoms with Crippen molar-refractivity contribution in [1.29, 1.82) is 0 Å². The van der Waals surface area contributed by atoms with Gasteiger partial charge in [-0.3, -0.25) is 0 Å². The molecule has 0 atom stereocenters. The Labute approximate surface area is 525 Å². The van der Waals surface area contributed by atoms with E-state index in [4.69, 9.17) is 8.83 Å². The first kappa shape index (κ1) is 52.9. The fourth-order valence-corrected chi connectivity index (χ4v) is 18.1. The highest BCUT2D eigenvalue weighted by Crippen LogP contribution is 2.64. The van der Waals surface area contributed by atoms with E-state index in [1.165, 1.54) is 76.5 Å². The van der Waals surface area contributed by atoms with Crippen molar-refractivity contribution in [3.8, 4) is 16.8 Å². The van der Waals surface area contributed by atoms with Gasteiger partial charge in [0.05, 0.1) is 49.7 Å². The van der Waals surface area contributed by atoms with Crippen LogP contribution in [0.15, 0.2) is 258 Å². The van der Waals surface area contributed by atoms with E-state index >= 15 is 0 Å². The standard InChI is InChI=1S/C83H65N3O2Si2/c1-50-19-15-25-62-64-27-17-31-74(81(64)87-79(50)62)84(54-35-40-58(41-36-54)89(3,4)5)56-39-46-72-66(47-56)67-48-57(85(55-37-42-59(43-38-55)90(6,7)8)75-32-18-28-65-63-26-16-20-51(2)80(63)88-82(65)75)49-71-78(67)86(72)73-30-14-13-29-68(73)83(71)69-44-33-52-21-9-11-23-60(52)76(69)77-61-24-12-10-22-53(61)34-45-70(77)83/h9-49H,1-8H3. The van der Waals surface area contributed by atoms with Crippen molar-refractivity contribution < 1.29 is 8.83 Å². The average Bonchev–Trinajstić information content (AvgIpc) is 1.46. The van der Waals surface area contributed by atoms with Crippen LogP contribution in [0.25, 0.3) is 104 Å². The molecule has 0 saturated carbocycles. The molecule has 0 bridgehead atoms. The second kappa shape index (κ2) is 18.9. The van der Waals surface area contributed by atoms with Gasteiger partial charge in [0.15, 0.2) is 11.2 Å². The average molecular weight is 1190 g/mol. The van der Waals surface area contributed by atoms with Gasteiger partial charge in [0.25, 0.3) is 0 Å². The zero-order valence-electron chi connectivity index (χ0n) is 51.8. The van der Waals surface area contributed by atoms with Gasteiger partial charge in [0.1, 0.15) is 11.2 Å². The van der Waals surface area contributed by atoms with Crippen LogP contribution >= 0.6 is 0 Å². The van der Waals surface area contributed by atoms with Crippen LogP contribution in [-0.2, 0) is 5.41 Å². The summed E-state index contributed by atoms with van der Waals surface area (Å²) in [6.45, 7) is 18.9. The van der Waals surface area contributed by atoms with Crippen LogP contribution in [0.3, 0.4) is 0 Å². The van der Waals surface area contributed by atoms with Crippen LogP contribution in [0.2, 0.25) is 39.3 Å². The monoisotopic (exact) mass is 1190 g/mol. The Morgan fingerprint density at radius 2 is 0.778 bits per heavy atom. The highest BCUT2D eigenvalue weighted by atomic mass is 28.3. The Hall–Kier alpha value is -10.2. The molecule has 0 radical (unpaired) electrons. The molecular formula is C83H65N3O2Si2. The highest BCUT2D eigenvalue weighted by molar-refractivity contribution is 6.89. The van der Waals surface area contributed by atoms with E-state index in [1.807, 2.05) is 0 Å². The molecule has 2 aliphatic rings. The van der Waals surface area contributed by atoms with Gasteiger partial charge >= 0.3 is 0 Å². The van der Waals surface area contributed by atoms with E-state index in [0.29, 0.717) is 0 Å². The molecule has 18 rings (SSSR count). The zero-order chi connectivity index (χ0) is 60.7. The first-order chi connectivity index (χ1) is 43.7. The summed E-state index contributed by atoms with van der Waals surface area (Å²) in [4.78, 5) is 4.94. The van der Waals surface area contributed by atoms with Gasteiger partial charge < -0.3 is 23.2 Å². The minimum absolute atomic E-state index is 0.772. The van der Waals surface area contributed by atoms with Gasteiger partial charge in [-0.25, -0.2) is 0 Å². The number of nitrogens with zero attached hydrogens (tertiary/aromatic N) is 3. The van der Waals surface area contributed by atoms with Crippen molar-refractivity contribution in [3.05, 3.63) is 282 Å². The number of para-hydroxylation sites is 5. The normalized spacial score (nSPS) is 13.4. The summed E-state index contributed by atoms with van der Waals surface area (Å²) in [7, 11) is -3.36. The lowest BCUT2D eigenvalue weighted by Crippen LogP contribution is -2.37. The third-order valence-corrected chi connectivity index (χ3v) is 24.2. The maximum Gasteiger partial charge on any atom is 0.159 e. The Balaban J connectivity index is 1.00. The molecule has 4 heterocycles. The molecular weight excluding hydrogens is 1130 g/mol. The summed E-state index contributed by atoms with van der Waals surface area (Å²) in [6.07, 6.45) is 0. The third kappa shape index (κ3) is 7.36. The summed E-state index contributed by atoms with van der Waals surface area (Å²) in [5, 5.41) is 14.5. The maximum atomic E-state index is 7.22. The molecule has 3 aromatic heterocycles. The smallest absolute Gasteiger partial charge is 0.159 e. The number of fused-ring (bicyclic) bond motifs is 22. The Kier molecular flexibility index (Phi) is 11.1. The molecule has 90 heavy (non-hydrogen) atoms. The molecule has 1 spiro atoms. The Morgan fingerprint density at radius 1 is 0.333 bits per heavy atom. The number of benzene rings is 13. The second-order valence-electron chi connectivity index (χ2n) is 27.3. The van der Waals surface area contributed by atoms with Crippen LogP contribution in [0.5, 0.6) is 0 Å². The molecule has 0 fully saturated rings. The van der Waals surface area contributed by atoms with E-state index in [1.54, 1.807) is 0 Å². The van der Waals surface area contributed by atoms with Crippen LogP contribution in [0.4, 0.5) is 34.1 Å². The molecule has 432 valence electrons. The van der Waals surface area contributed by atoms with Gasteiger partial charge in [-0.1, -0.05) is 226 Å². The Bertz CT molecular complexity index is 5650. The number of anilines is 6. The van der Waals surface area contributed by atoms with Gasteiger partial charge in [-0.15, -0.1) is 0 Å². The maximum absolute atomic E-state index is 7.22. The summed E-state index contributed by atoms with van der Waals surface area (Å²) < 4.78 is 16.9. The van der Waals surface area contributed by atoms with Gasteiger partial charge in [-0.2, -0.15) is 0 Å². The predicted octanol–water partition coefficient (Wildman–Crippen LogP) is 22.2. The number of aryl methyl sites for hydroxylation is 2. The molecule has 16 aromatic rings. The Morgan fingerprint density at radius 3 is 1.31 bits per heavy atom. The number of hydrogen-bond acceptors (Lipinski definition) is 4. The van der Waals surface area contributed by atoms with Crippen molar-refractivity contribution >= 4 is 148 Å². The number of hydrogen-bond donors (Lipinski definition) is 0. The second-order valence-corrected chi connectivity index (χ2v) is 37.4. The molecule has 0 N–H and O–H groups in total. The lowest BCUT2D eigenvalue weighted by atomic mass is 9.65. The largest absolute Gasteiger partial charge is 0.454 e. The van der Waals surface area contributed by atoms with Gasteiger partial charge in [-0.05, 0) is 153 Å². The fourth-order valence-electron chi connectivity index (χ4n) is 15.8. The zero-order valence-corrected chi connectivity index (χ0v) is 53.8. The topological polar surface area (TPSA) is 37.7 Å². The van der Waals surface area contributed by atoms with E-state index in [9.17, 15) is 0 Å². The summed E-state index contributed by atoms with van der Waals surface area (Å²) in [5.74, 6) is 0. The molecule has 1 aliphatic carbocycles. The summed E-state index contributed by atoms with van der Waals surface area (Å²) in [6, 6.07) is 94.4. The van der Waals surface area contributed by atoms with Crippen molar-refractivity contribution in [2.45, 2.75) is 58.5 Å². The molecule has 13 aromatic carbocycles. The first-order valence-corrected chi connectivity index (χ1v) is 38.6. The first-order valence-electron chi connectivity index (χ1n) is 31.6. The lowest BCUT2D eigenvalue weighted by Gasteiger charge is -2.40. The molecule has 5 nitrogen and oxygen atoms in total. The SMILES string of the molecule is Cc1cccc2c1oc1c(N(c3ccc([Si](C)(C)C)cc3)c3ccc4c(c3)c3cc(N(c5ccc([Si](C)(C)C)cc5)c5cccc6c5oc5c(C)cccc56)cc5c3n4-c3ccccc3C53c4ccc5ccccc5c4-c4c3ccc3ccccc43)cccc12. The van der Waals surface area contributed by atoms with Crippen LogP contribution in [0, 0.1) is 13.8 Å². The van der Waals surface area contributed by atoms with Crippen LogP contribution in [0.1, 0.15) is 33.4 Å². The summed E-state index contributed by atoms with van der Waals surface area (Å²) in [5.41, 5.74) is 22.4. The van der Waals surface area contributed by atoms with E-state index in [2.05, 4.69) is 316 Å². The minimum atomic E-state index is -1.71. The van der Waals surface area contributed by atoms with E-state index < -0.39 is 21.6 Å². The molecule has 0 saturated heterocycles. The number of furan rings is 2. The van der Waals surface area contributed by atoms with Crippen molar-refractivity contribution in [2.24, 2.45) is 0 Å². The molecule has 1 aliphatic heterocycles. The van der Waals surface area contributed by atoms with E-state index in [0.717, 1.165) is 105 Å². The minimum Gasteiger partial charge on any atom is -0.454 e. The fraction of sp³-hybridized carbons (Fsp3) is 0.108. The van der Waals surface area contributed by atoms with Crippen molar-refractivity contribution in [3.63, 3.8) is 0 Å². The molecule has 0 amide bonds. The molecule has 7 heteroatoms. The van der Waals surface area contributed by atoms with Crippen LogP contribution < -0.4 is 20.2 Å². The third-order valence-electron chi connectivity index (χ3n) is 20.1. The summed E-state index contributed by atoms with van der Waals surface area (Å²) >= 11 is 0. The quantitative estimate of drug-likeness (QED) is 0.142. The predicted molar refractivity (Wildman–Crippen MR) is 386 cm³/mol. The van der Waals surface area contributed by atoms with E-state index in [-0.39, 0.29) is 0 Å².